The summed E-state index contributed by atoms with van der Waals surface area (Å²) in [6, 6.07) is 6.78. The van der Waals surface area contributed by atoms with E-state index in [9.17, 15) is 4.79 Å². The molecule has 0 spiro atoms. The van der Waals surface area contributed by atoms with Crippen LogP contribution in [-0.4, -0.2) is 18.1 Å². The first-order chi connectivity index (χ1) is 6.63. The van der Waals surface area contributed by atoms with Gasteiger partial charge in [0.25, 0.3) is 0 Å². The van der Waals surface area contributed by atoms with Crippen molar-refractivity contribution in [2.24, 2.45) is 0 Å². The minimum atomic E-state index is -0.344. The largest absolute Gasteiger partial charge is 0.480 e. The van der Waals surface area contributed by atoms with E-state index >= 15 is 0 Å². The van der Waals surface area contributed by atoms with Crippen LogP contribution in [0.2, 0.25) is 0 Å². The summed E-state index contributed by atoms with van der Waals surface area (Å²) in [5.41, 5.74) is 0.516. The molecule has 0 saturated carbocycles. The predicted octanol–water partition coefficient (Wildman–Crippen LogP) is 2.59. The zero-order valence-electron chi connectivity index (χ0n) is 7.99. The van der Waals surface area contributed by atoms with Crippen LogP contribution >= 0.6 is 15.9 Å². The first kappa shape index (κ1) is 11.0. The maximum Gasteiger partial charge on any atom is 0.337 e. The van der Waals surface area contributed by atoms with E-state index in [1.165, 1.54) is 7.11 Å². The maximum atomic E-state index is 11.1. The van der Waals surface area contributed by atoms with Crippen molar-refractivity contribution in [2.45, 2.75) is 11.9 Å². The van der Waals surface area contributed by atoms with E-state index in [-0.39, 0.29) is 11.0 Å². The van der Waals surface area contributed by atoms with Crippen LogP contribution in [0, 0.1) is 0 Å². The van der Waals surface area contributed by atoms with Gasteiger partial charge in [0, 0.05) is 0 Å². The third-order valence-electron chi connectivity index (χ3n) is 1.57. The number of hydrogen-bond donors (Lipinski definition) is 0. The van der Waals surface area contributed by atoms with Crippen LogP contribution < -0.4 is 4.74 Å². The van der Waals surface area contributed by atoms with Gasteiger partial charge in [0.15, 0.2) is 5.01 Å². The molecule has 0 aliphatic heterocycles. The van der Waals surface area contributed by atoms with Crippen LogP contribution in [0.15, 0.2) is 24.3 Å². The van der Waals surface area contributed by atoms with Crippen molar-refractivity contribution in [1.29, 1.82) is 0 Å². The molecule has 0 fully saturated rings. The molecule has 14 heavy (non-hydrogen) atoms. The highest BCUT2D eigenvalue weighted by molar-refractivity contribution is 9.09. The second kappa shape index (κ2) is 5.00. The van der Waals surface area contributed by atoms with Crippen molar-refractivity contribution < 1.29 is 14.3 Å². The molecule has 4 heteroatoms. The van der Waals surface area contributed by atoms with Gasteiger partial charge < -0.3 is 9.47 Å². The van der Waals surface area contributed by atoms with Gasteiger partial charge in [-0.05, 0) is 47.1 Å². The minimum absolute atomic E-state index is 0.0496. The van der Waals surface area contributed by atoms with Gasteiger partial charge in [-0.15, -0.1) is 0 Å². The number of ether oxygens (including phenoxy) is 2. The van der Waals surface area contributed by atoms with Crippen LogP contribution in [0.1, 0.15) is 17.3 Å². The Morgan fingerprint density at radius 2 is 1.93 bits per heavy atom. The number of carbonyl (C=O) groups is 1. The van der Waals surface area contributed by atoms with Crippen molar-refractivity contribution in [1.82, 2.24) is 0 Å². The van der Waals surface area contributed by atoms with Gasteiger partial charge in [0.05, 0.1) is 12.7 Å². The Bertz CT molecular complexity index is 306. The molecular formula is C10H11BrO3. The van der Waals surface area contributed by atoms with Gasteiger partial charge >= 0.3 is 5.97 Å². The highest BCUT2D eigenvalue weighted by Gasteiger charge is 2.05. The molecule has 0 aromatic heterocycles. The van der Waals surface area contributed by atoms with E-state index in [0.29, 0.717) is 11.3 Å². The lowest BCUT2D eigenvalue weighted by Crippen LogP contribution is -2.03. The number of carbonyl (C=O) groups excluding carboxylic acids is 1. The summed E-state index contributed by atoms with van der Waals surface area (Å²) in [6.45, 7) is 1.87. The average Bonchev–Trinajstić information content (AvgIpc) is 2.17. The summed E-state index contributed by atoms with van der Waals surface area (Å²) in [4.78, 5) is 11.1. The molecule has 1 unspecified atom stereocenters. The molecule has 0 N–H and O–H groups in total. The van der Waals surface area contributed by atoms with Gasteiger partial charge in [-0.25, -0.2) is 4.79 Å². The van der Waals surface area contributed by atoms with Crippen LogP contribution in [0.25, 0.3) is 0 Å². The molecule has 0 aliphatic carbocycles. The predicted molar refractivity (Wildman–Crippen MR) is 56.8 cm³/mol. The van der Waals surface area contributed by atoms with Gasteiger partial charge in [-0.1, -0.05) is 0 Å². The molecular weight excluding hydrogens is 248 g/mol. The van der Waals surface area contributed by atoms with Gasteiger partial charge in [0.2, 0.25) is 0 Å². The van der Waals surface area contributed by atoms with E-state index in [4.69, 9.17) is 4.74 Å². The molecule has 0 bridgehead atoms. The van der Waals surface area contributed by atoms with Crippen LogP contribution in [-0.2, 0) is 4.74 Å². The third kappa shape index (κ3) is 3.03. The molecule has 0 radical (unpaired) electrons. The number of rotatable bonds is 3. The fourth-order valence-electron chi connectivity index (χ4n) is 0.975. The SMILES string of the molecule is COC(=O)c1ccc(OC(C)Br)cc1. The quantitative estimate of drug-likeness (QED) is 0.618. The number of alkyl halides is 1. The minimum Gasteiger partial charge on any atom is -0.480 e. The zero-order chi connectivity index (χ0) is 10.6. The van der Waals surface area contributed by atoms with Gasteiger partial charge in [-0.2, -0.15) is 0 Å². The Balaban J connectivity index is 2.73. The summed E-state index contributed by atoms with van der Waals surface area (Å²) in [5, 5.41) is -0.0496. The second-order valence-corrected chi connectivity index (χ2v) is 3.97. The molecule has 0 aliphatic rings. The van der Waals surface area contributed by atoms with Crippen LogP contribution in [0.3, 0.4) is 0 Å². The molecule has 0 heterocycles. The fraction of sp³-hybridized carbons (Fsp3) is 0.300. The standard InChI is InChI=1S/C10H11BrO3/c1-7(11)14-9-5-3-8(4-6-9)10(12)13-2/h3-7H,1-2H3. The van der Waals surface area contributed by atoms with E-state index in [2.05, 4.69) is 20.7 Å². The van der Waals surface area contributed by atoms with Crippen molar-refractivity contribution in [2.75, 3.05) is 7.11 Å². The second-order valence-electron chi connectivity index (χ2n) is 2.68. The van der Waals surface area contributed by atoms with Gasteiger partial charge in [0.1, 0.15) is 5.75 Å². The summed E-state index contributed by atoms with van der Waals surface area (Å²) in [7, 11) is 1.35. The van der Waals surface area contributed by atoms with E-state index in [1.807, 2.05) is 6.92 Å². The molecule has 1 aromatic carbocycles. The Morgan fingerprint density at radius 3 is 2.36 bits per heavy atom. The van der Waals surface area contributed by atoms with Crippen molar-refractivity contribution >= 4 is 21.9 Å². The van der Waals surface area contributed by atoms with Gasteiger partial charge in [-0.3, -0.25) is 0 Å². The number of halogens is 1. The molecule has 76 valence electrons. The summed E-state index contributed by atoms with van der Waals surface area (Å²) in [6.07, 6.45) is 0. The van der Waals surface area contributed by atoms with E-state index < -0.39 is 0 Å². The fourth-order valence-corrected chi connectivity index (χ4v) is 1.19. The Hall–Kier alpha value is -1.03. The van der Waals surface area contributed by atoms with Crippen molar-refractivity contribution in [3.63, 3.8) is 0 Å². The zero-order valence-corrected chi connectivity index (χ0v) is 9.58. The lowest BCUT2D eigenvalue weighted by atomic mass is 10.2. The molecule has 0 saturated heterocycles. The summed E-state index contributed by atoms with van der Waals surface area (Å²) in [5.74, 6) is 0.366. The number of methoxy groups -OCH3 is 1. The van der Waals surface area contributed by atoms with Crippen LogP contribution in [0.5, 0.6) is 5.75 Å². The number of hydrogen-bond acceptors (Lipinski definition) is 3. The average molecular weight is 259 g/mol. The number of esters is 1. The topological polar surface area (TPSA) is 35.5 Å². The van der Waals surface area contributed by atoms with Crippen molar-refractivity contribution in [3.05, 3.63) is 29.8 Å². The summed E-state index contributed by atoms with van der Waals surface area (Å²) >= 11 is 3.26. The maximum absolute atomic E-state index is 11.1. The first-order valence-corrected chi connectivity index (χ1v) is 5.04. The smallest absolute Gasteiger partial charge is 0.337 e. The normalized spacial score (nSPS) is 11.9. The first-order valence-electron chi connectivity index (χ1n) is 4.12. The monoisotopic (exact) mass is 258 g/mol. The highest BCUT2D eigenvalue weighted by atomic mass is 79.9. The molecule has 3 nitrogen and oxygen atoms in total. The van der Waals surface area contributed by atoms with E-state index in [0.717, 1.165) is 0 Å². The molecule has 1 rings (SSSR count). The van der Waals surface area contributed by atoms with Crippen molar-refractivity contribution in [3.8, 4) is 5.75 Å². The summed E-state index contributed by atoms with van der Waals surface area (Å²) < 4.78 is 9.92. The lowest BCUT2D eigenvalue weighted by molar-refractivity contribution is 0.0600. The Labute approximate surface area is 91.1 Å². The number of benzene rings is 1. The molecule has 1 aromatic rings. The van der Waals surface area contributed by atoms with E-state index in [1.54, 1.807) is 24.3 Å². The van der Waals surface area contributed by atoms with Crippen LogP contribution in [0.4, 0.5) is 0 Å². The lowest BCUT2D eigenvalue weighted by Gasteiger charge is -2.07. The Kier molecular flexibility index (Phi) is 3.95. The molecule has 1 atom stereocenters. The molecule has 0 amide bonds. The Morgan fingerprint density at radius 1 is 1.36 bits per heavy atom. The third-order valence-corrected chi connectivity index (χ3v) is 1.76. The highest BCUT2D eigenvalue weighted by Crippen LogP contribution is 2.15.